The number of nitrogens with zero attached hydrogens (tertiary/aromatic N) is 2. The molecule has 0 aliphatic rings. The molecule has 7 heteroatoms. The van der Waals surface area contributed by atoms with E-state index in [-0.39, 0.29) is 18.0 Å². The Morgan fingerprint density at radius 1 is 1.29 bits per heavy atom. The topological polar surface area (TPSA) is 82.5 Å². The molecule has 0 fully saturated rings. The highest BCUT2D eigenvalue weighted by Crippen LogP contribution is 2.16. The average Bonchev–Trinajstić information content (AvgIpc) is 2.81. The van der Waals surface area contributed by atoms with Crippen LogP contribution in [0.25, 0.3) is 0 Å². The van der Waals surface area contributed by atoms with Crippen molar-refractivity contribution in [3.63, 3.8) is 0 Å². The predicted octanol–water partition coefficient (Wildman–Crippen LogP) is 2.21. The van der Waals surface area contributed by atoms with Crippen molar-refractivity contribution < 1.29 is 19.1 Å². The third-order valence-corrected chi connectivity index (χ3v) is 2.61. The first-order valence-corrected chi connectivity index (χ1v) is 6.34. The summed E-state index contributed by atoms with van der Waals surface area (Å²) in [4.78, 5) is 23.6. The first-order valence-electron chi connectivity index (χ1n) is 6.34. The number of aromatic nitrogens is 2. The van der Waals surface area contributed by atoms with Crippen LogP contribution in [0, 0.1) is 0 Å². The summed E-state index contributed by atoms with van der Waals surface area (Å²) in [5, 5.41) is 6.41. The monoisotopic (exact) mass is 289 g/mol. The number of carbonyl (C=O) groups excluding carboxylic acids is 2. The number of carbonyl (C=O) groups is 2. The second-order valence-corrected chi connectivity index (χ2v) is 4.08. The number of para-hydroxylation sites is 1. The molecule has 2 rings (SSSR count). The highest BCUT2D eigenvalue weighted by Gasteiger charge is 2.19. The zero-order valence-corrected chi connectivity index (χ0v) is 11.7. The summed E-state index contributed by atoms with van der Waals surface area (Å²) < 4.78 is 11.4. The van der Waals surface area contributed by atoms with E-state index < -0.39 is 12.1 Å². The number of ether oxygens (including phenoxy) is 2. The number of hydrogen-bond acceptors (Lipinski definition) is 5. The van der Waals surface area contributed by atoms with E-state index in [0.717, 1.165) is 0 Å². The van der Waals surface area contributed by atoms with Gasteiger partial charge in [0.2, 0.25) is 0 Å². The normalized spacial score (nSPS) is 10.0. The molecule has 0 aliphatic heterocycles. The van der Waals surface area contributed by atoms with Gasteiger partial charge >= 0.3 is 12.1 Å². The number of rotatable bonds is 4. The number of nitrogens with one attached hydrogen (secondary N) is 1. The summed E-state index contributed by atoms with van der Waals surface area (Å²) in [6.07, 6.45) is 0.617. The van der Waals surface area contributed by atoms with Gasteiger partial charge in [0.15, 0.2) is 0 Å². The number of hydrogen-bond donors (Lipinski definition) is 1. The molecule has 0 saturated carbocycles. The Bertz CT molecular complexity index is 637. The van der Waals surface area contributed by atoms with Gasteiger partial charge in [0.05, 0.1) is 12.8 Å². The van der Waals surface area contributed by atoms with E-state index in [2.05, 4.69) is 10.4 Å². The molecule has 21 heavy (non-hydrogen) atoms. The summed E-state index contributed by atoms with van der Waals surface area (Å²) >= 11 is 0. The molecule has 0 bridgehead atoms. The lowest BCUT2D eigenvalue weighted by Crippen LogP contribution is -2.20. The lowest BCUT2D eigenvalue weighted by Gasteiger charge is -2.08. The van der Waals surface area contributed by atoms with Crippen molar-refractivity contribution in [2.24, 2.45) is 7.05 Å². The van der Waals surface area contributed by atoms with Gasteiger partial charge in [-0.25, -0.2) is 9.59 Å². The SMILES string of the molecule is CCOC(=O)c1cnn(C)c1NC(=O)Oc1ccccc1. The molecule has 0 radical (unpaired) electrons. The molecule has 110 valence electrons. The van der Waals surface area contributed by atoms with Gasteiger partial charge in [0.25, 0.3) is 0 Å². The van der Waals surface area contributed by atoms with Gasteiger partial charge in [-0.3, -0.25) is 10.00 Å². The molecule has 0 saturated heterocycles. The van der Waals surface area contributed by atoms with E-state index in [1.807, 2.05) is 6.07 Å². The summed E-state index contributed by atoms with van der Waals surface area (Å²) in [5.74, 6) is 0.0600. The fourth-order valence-corrected chi connectivity index (χ4v) is 1.66. The van der Waals surface area contributed by atoms with Crippen molar-refractivity contribution in [1.82, 2.24) is 9.78 Å². The van der Waals surface area contributed by atoms with Crippen LogP contribution in [0.5, 0.6) is 5.75 Å². The van der Waals surface area contributed by atoms with Crippen LogP contribution in [0.15, 0.2) is 36.5 Å². The zero-order chi connectivity index (χ0) is 15.2. The van der Waals surface area contributed by atoms with Gasteiger partial charge in [0, 0.05) is 7.05 Å². The minimum absolute atomic E-state index is 0.171. The van der Waals surface area contributed by atoms with Crippen LogP contribution in [-0.2, 0) is 11.8 Å². The van der Waals surface area contributed by atoms with Gasteiger partial charge in [-0.2, -0.15) is 5.10 Å². The van der Waals surface area contributed by atoms with Crippen molar-refractivity contribution in [1.29, 1.82) is 0 Å². The summed E-state index contributed by atoms with van der Waals surface area (Å²) in [7, 11) is 1.60. The molecular weight excluding hydrogens is 274 g/mol. The van der Waals surface area contributed by atoms with E-state index in [1.165, 1.54) is 10.9 Å². The van der Waals surface area contributed by atoms with Crippen LogP contribution in [0.1, 0.15) is 17.3 Å². The number of benzene rings is 1. The molecule has 0 aliphatic carbocycles. The third-order valence-electron chi connectivity index (χ3n) is 2.61. The number of aryl methyl sites for hydroxylation is 1. The number of amides is 1. The van der Waals surface area contributed by atoms with E-state index in [0.29, 0.717) is 5.75 Å². The van der Waals surface area contributed by atoms with Crippen LogP contribution in [0.4, 0.5) is 10.6 Å². The Labute approximate surface area is 121 Å². The Morgan fingerprint density at radius 3 is 2.67 bits per heavy atom. The van der Waals surface area contributed by atoms with Crippen LogP contribution >= 0.6 is 0 Å². The minimum atomic E-state index is -0.713. The lowest BCUT2D eigenvalue weighted by atomic mass is 10.3. The second-order valence-electron chi connectivity index (χ2n) is 4.08. The van der Waals surface area contributed by atoms with E-state index in [1.54, 1.807) is 38.2 Å². The first-order chi connectivity index (χ1) is 10.1. The third kappa shape index (κ3) is 3.59. The molecule has 7 nitrogen and oxygen atoms in total. The molecule has 0 atom stereocenters. The molecule has 1 heterocycles. The first kappa shape index (κ1) is 14.6. The van der Waals surface area contributed by atoms with Crippen LogP contribution in [0.3, 0.4) is 0 Å². The minimum Gasteiger partial charge on any atom is -0.462 e. The number of anilines is 1. The molecule has 0 unspecified atom stereocenters. The zero-order valence-electron chi connectivity index (χ0n) is 11.7. The fraction of sp³-hybridized carbons (Fsp3) is 0.214. The molecular formula is C14H15N3O4. The van der Waals surface area contributed by atoms with E-state index in [4.69, 9.17) is 9.47 Å². The molecule has 1 amide bonds. The Balaban J connectivity index is 2.10. The van der Waals surface area contributed by atoms with E-state index >= 15 is 0 Å². The Hall–Kier alpha value is -2.83. The van der Waals surface area contributed by atoms with E-state index in [9.17, 15) is 9.59 Å². The fourth-order valence-electron chi connectivity index (χ4n) is 1.66. The maximum Gasteiger partial charge on any atom is 0.418 e. The maximum absolute atomic E-state index is 11.8. The summed E-state index contributed by atoms with van der Waals surface area (Å²) in [5.41, 5.74) is 0.171. The maximum atomic E-state index is 11.8. The predicted molar refractivity (Wildman–Crippen MR) is 75.3 cm³/mol. The second kappa shape index (κ2) is 6.56. The quantitative estimate of drug-likeness (QED) is 0.872. The van der Waals surface area contributed by atoms with Gasteiger partial charge < -0.3 is 9.47 Å². The molecule has 0 spiro atoms. The Morgan fingerprint density at radius 2 is 2.00 bits per heavy atom. The summed E-state index contributed by atoms with van der Waals surface area (Å²) in [6, 6.07) is 8.60. The van der Waals surface area contributed by atoms with Crippen molar-refractivity contribution in [2.45, 2.75) is 6.92 Å². The van der Waals surface area contributed by atoms with Crippen molar-refractivity contribution in [3.05, 3.63) is 42.1 Å². The highest BCUT2D eigenvalue weighted by molar-refractivity contribution is 5.98. The van der Waals surface area contributed by atoms with Crippen LogP contribution < -0.4 is 10.1 Å². The van der Waals surface area contributed by atoms with Crippen molar-refractivity contribution >= 4 is 17.9 Å². The highest BCUT2D eigenvalue weighted by atomic mass is 16.6. The molecule has 1 aromatic carbocycles. The molecule has 1 aromatic heterocycles. The van der Waals surface area contributed by atoms with Crippen LogP contribution in [-0.4, -0.2) is 28.4 Å². The lowest BCUT2D eigenvalue weighted by molar-refractivity contribution is 0.0527. The van der Waals surface area contributed by atoms with Crippen molar-refractivity contribution in [2.75, 3.05) is 11.9 Å². The van der Waals surface area contributed by atoms with Gasteiger partial charge in [-0.1, -0.05) is 18.2 Å². The van der Waals surface area contributed by atoms with Gasteiger partial charge in [-0.15, -0.1) is 0 Å². The smallest absolute Gasteiger partial charge is 0.418 e. The molecule has 1 N–H and O–H groups in total. The van der Waals surface area contributed by atoms with Gasteiger partial charge in [0.1, 0.15) is 17.1 Å². The standard InChI is InChI=1S/C14H15N3O4/c1-3-20-13(18)11-9-15-17(2)12(11)16-14(19)21-10-7-5-4-6-8-10/h4-9H,3H2,1-2H3,(H,16,19). The Kier molecular flexibility index (Phi) is 4.55. The average molecular weight is 289 g/mol. The molecule has 2 aromatic rings. The van der Waals surface area contributed by atoms with Crippen LogP contribution in [0.2, 0.25) is 0 Å². The van der Waals surface area contributed by atoms with Gasteiger partial charge in [-0.05, 0) is 19.1 Å². The summed E-state index contributed by atoms with van der Waals surface area (Å²) in [6.45, 7) is 1.94. The number of esters is 1. The van der Waals surface area contributed by atoms with Crippen molar-refractivity contribution in [3.8, 4) is 5.75 Å². The largest absolute Gasteiger partial charge is 0.462 e.